The summed E-state index contributed by atoms with van der Waals surface area (Å²) in [6.07, 6.45) is 5.89. The molecule has 26 heavy (non-hydrogen) atoms. The van der Waals surface area contributed by atoms with E-state index in [0.29, 0.717) is 5.92 Å². The Morgan fingerprint density at radius 1 is 1.23 bits per heavy atom. The highest BCUT2D eigenvalue weighted by molar-refractivity contribution is 5.88. The van der Waals surface area contributed by atoms with Gasteiger partial charge in [0, 0.05) is 24.5 Å². The van der Waals surface area contributed by atoms with Crippen LogP contribution in [0.15, 0.2) is 42.7 Å². The lowest BCUT2D eigenvalue weighted by Gasteiger charge is -2.23. The fourth-order valence-corrected chi connectivity index (χ4v) is 3.36. The van der Waals surface area contributed by atoms with E-state index < -0.39 is 0 Å². The number of nitrogens with zero attached hydrogens (tertiary/aromatic N) is 3. The number of benzene rings is 1. The van der Waals surface area contributed by atoms with Crippen LogP contribution in [0.1, 0.15) is 12.8 Å². The van der Waals surface area contributed by atoms with Crippen LogP contribution in [0.25, 0.3) is 22.3 Å². The Labute approximate surface area is 153 Å². The second-order valence-electron chi connectivity index (χ2n) is 6.61. The van der Waals surface area contributed by atoms with Crippen LogP contribution in [-0.2, 0) is 0 Å². The van der Waals surface area contributed by atoms with E-state index in [-0.39, 0.29) is 0 Å². The molecule has 3 aromatic rings. The molecule has 2 N–H and O–H groups in total. The molecule has 1 aliphatic heterocycles. The highest BCUT2D eigenvalue weighted by atomic mass is 16.5. The van der Waals surface area contributed by atoms with Crippen molar-refractivity contribution in [2.75, 3.05) is 32.1 Å². The summed E-state index contributed by atoms with van der Waals surface area (Å²) in [5, 5.41) is 6.97. The van der Waals surface area contributed by atoms with E-state index in [2.05, 4.69) is 20.6 Å². The van der Waals surface area contributed by atoms with Gasteiger partial charge in [0.25, 0.3) is 0 Å². The first-order valence-electron chi connectivity index (χ1n) is 9.04. The molecule has 4 rings (SSSR count). The number of piperidine rings is 1. The zero-order chi connectivity index (χ0) is 17.8. The molecule has 1 aromatic carbocycles. The van der Waals surface area contributed by atoms with E-state index in [1.165, 1.54) is 12.8 Å². The summed E-state index contributed by atoms with van der Waals surface area (Å²) in [4.78, 5) is 13.8. The maximum atomic E-state index is 5.34. The molecule has 1 saturated heterocycles. The number of hydrogen-bond acceptors (Lipinski definition) is 6. The third-order valence-electron chi connectivity index (χ3n) is 4.78. The zero-order valence-electron chi connectivity index (χ0n) is 14.9. The van der Waals surface area contributed by atoms with Crippen molar-refractivity contribution in [2.24, 2.45) is 5.92 Å². The number of hydrogen-bond donors (Lipinski definition) is 2. The van der Waals surface area contributed by atoms with Crippen molar-refractivity contribution in [1.29, 1.82) is 0 Å². The first-order valence-corrected chi connectivity index (χ1v) is 9.04. The number of methoxy groups -OCH3 is 1. The van der Waals surface area contributed by atoms with Gasteiger partial charge in [-0.15, -0.1) is 0 Å². The van der Waals surface area contributed by atoms with Crippen LogP contribution in [0.2, 0.25) is 0 Å². The van der Waals surface area contributed by atoms with E-state index in [9.17, 15) is 0 Å². The standard InChI is InChI=1S/C20H23N5O/c1-26-16-6-2-5-15(10-16)17-11-18-19(23-9-8-22-18)20(25-17)24-13-14-4-3-7-21-12-14/h2,5-6,8-11,14,21H,3-4,7,12-13H2,1H3,(H,24,25). The molecule has 0 radical (unpaired) electrons. The van der Waals surface area contributed by atoms with Crippen LogP contribution in [0, 0.1) is 5.92 Å². The molecule has 0 amide bonds. The molecular weight excluding hydrogens is 326 g/mol. The van der Waals surface area contributed by atoms with Gasteiger partial charge in [-0.1, -0.05) is 12.1 Å². The number of aromatic nitrogens is 3. The zero-order valence-corrected chi connectivity index (χ0v) is 14.9. The Hall–Kier alpha value is -2.73. The second kappa shape index (κ2) is 7.66. The van der Waals surface area contributed by atoms with E-state index in [0.717, 1.165) is 53.5 Å². The molecule has 3 heterocycles. The van der Waals surface area contributed by atoms with Gasteiger partial charge in [-0.3, -0.25) is 4.98 Å². The maximum Gasteiger partial charge on any atom is 0.154 e. The number of pyridine rings is 1. The highest BCUT2D eigenvalue weighted by Gasteiger charge is 2.15. The smallest absolute Gasteiger partial charge is 0.154 e. The minimum Gasteiger partial charge on any atom is -0.497 e. The van der Waals surface area contributed by atoms with Crippen LogP contribution in [0.5, 0.6) is 5.75 Å². The Bertz CT molecular complexity index is 892. The van der Waals surface area contributed by atoms with Gasteiger partial charge in [0.2, 0.25) is 0 Å². The molecule has 0 aliphatic carbocycles. The van der Waals surface area contributed by atoms with E-state index in [1.807, 2.05) is 30.3 Å². The van der Waals surface area contributed by atoms with Crippen LogP contribution in [-0.4, -0.2) is 41.7 Å². The number of rotatable bonds is 5. The second-order valence-corrected chi connectivity index (χ2v) is 6.61. The number of ether oxygens (including phenoxy) is 1. The van der Waals surface area contributed by atoms with Crippen LogP contribution >= 0.6 is 0 Å². The van der Waals surface area contributed by atoms with Crippen LogP contribution in [0.3, 0.4) is 0 Å². The molecule has 0 saturated carbocycles. The van der Waals surface area contributed by atoms with Crippen molar-refractivity contribution in [1.82, 2.24) is 20.3 Å². The average Bonchev–Trinajstić information content (AvgIpc) is 2.72. The summed E-state index contributed by atoms with van der Waals surface area (Å²) < 4.78 is 5.34. The monoisotopic (exact) mass is 349 g/mol. The van der Waals surface area contributed by atoms with Crippen molar-refractivity contribution in [3.05, 3.63) is 42.7 Å². The molecule has 1 unspecified atom stereocenters. The number of fused-ring (bicyclic) bond motifs is 1. The van der Waals surface area contributed by atoms with E-state index >= 15 is 0 Å². The summed E-state index contributed by atoms with van der Waals surface area (Å²) in [5.41, 5.74) is 3.51. The van der Waals surface area contributed by atoms with Crippen molar-refractivity contribution in [3.63, 3.8) is 0 Å². The molecule has 1 atom stereocenters. The van der Waals surface area contributed by atoms with Crippen molar-refractivity contribution in [2.45, 2.75) is 12.8 Å². The number of anilines is 1. The minimum absolute atomic E-state index is 0.609. The van der Waals surface area contributed by atoms with Gasteiger partial charge in [-0.25, -0.2) is 9.97 Å². The van der Waals surface area contributed by atoms with Gasteiger partial charge in [0.05, 0.1) is 18.3 Å². The molecule has 134 valence electrons. The minimum atomic E-state index is 0.609. The topological polar surface area (TPSA) is 72.0 Å². The van der Waals surface area contributed by atoms with Gasteiger partial charge < -0.3 is 15.4 Å². The van der Waals surface area contributed by atoms with E-state index in [1.54, 1.807) is 19.5 Å². The molecule has 6 heteroatoms. The largest absolute Gasteiger partial charge is 0.497 e. The molecule has 1 aliphatic rings. The van der Waals surface area contributed by atoms with Gasteiger partial charge >= 0.3 is 0 Å². The Kier molecular flexibility index (Phi) is 4.93. The lowest BCUT2D eigenvalue weighted by Crippen LogP contribution is -2.33. The maximum absolute atomic E-state index is 5.34. The van der Waals surface area contributed by atoms with E-state index in [4.69, 9.17) is 9.72 Å². The third kappa shape index (κ3) is 3.60. The first kappa shape index (κ1) is 16.7. The fraction of sp³-hybridized carbons (Fsp3) is 0.350. The SMILES string of the molecule is COc1cccc(-c2cc3nccnc3c(NCC3CCCNC3)n2)c1. The van der Waals surface area contributed by atoms with Crippen molar-refractivity contribution in [3.8, 4) is 17.0 Å². The van der Waals surface area contributed by atoms with Crippen molar-refractivity contribution < 1.29 is 4.74 Å². The Morgan fingerprint density at radius 3 is 3.00 bits per heavy atom. The first-order chi connectivity index (χ1) is 12.8. The molecule has 0 spiro atoms. The summed E-state index contributed by atoms with van der Waals surface area (Å²) in [5.74, 6) is 2.21. The molecule has 0 bridgehead atoms. The van der Waals surface area contributed by atoms with Gasteiger partial charge in [-0.05, 0) is 50.0 Å². The molecule has 1 fully saturated rings. The van der Waals surface area contributed by atoms with Crippen molar-refractivity contribution >= 4 is 16.9 Å². The fourth-order valence-electron chi connectivity index (χ4n) is 3.36. The van der Waals surface area contributed by atoms with Gasteiger partial charge in [-0.2, -0.15) is 0 Å². The number of nitrogens with one attached hydrogen (secondary N) is 2. The molecule has 6 nitrogen and oxygen atoms in total. The normalized spacial score (nSPS) is 17.2. The summed E-state index contributed by atoms with van der Waals surface area (Å²) in [6.45, 7) is 3.05. The summed E-state index contributed by atoms with van der Waals surface area (Å²) in [7, 11) is 1.67. The average molecular weight is 349 g/mol. The summed E-state index contributed by atoms with van der Waals surface area (Å²) >= 11 is 0. The lowest BCUT2D eigenvalue weighted by molar-refractivity contribution is 0.392. The summed E-state index contributed by atoms with van der Waals surface area (Å²) in [6, 6.07) is 9.89. The van der Waals surface area contributed by atoms with Gasteiger partial charge in [0.15, 0.2) is 5.82 Å². The highest BCUT2D eigenvalue weighted by Crippen LogP contribution is 2.27. The van der Waals surface area contributed by atoms with Crippen LogP contribution < -0.4 is 15.4 Å². The molecular formula is C20H23N5O. The molecule has 2 aromatic heterocycles. The predicted molar refractivity (Wildman–Crippen MR) is 103 cm³/mol. The predicted octanol–water partition coefficient (Wildman–Crippen LogP) is 3.11. The third-order valence-corrected chi connectivity index (χ3v) is 4.78. The van der Waals surface area contributed by atoms with Crippen LogP contribution in [0.4, 0.5) is 5.82 Å². The quantitative estimate of drug-likeness (QED) is 0.737. The van der Waals surface area contributed by atoms with Gasteiger partial charge in [0.1, 0.15) is 11.3 Å². The Balaban J connectivity index is 1.68. The lowest BCUT2D eigenvalue weighted by atomic mass is 10.00. The Morgan fingerprint density at radius 2 is 2.15 bits per heavy atom.